The van der Waals surface area contributed by atoms with Crippen LogP contribution < -0.4 is 14.4 Å². The molecule has 6 aromatic carbocycles. The summed E-state index contributed by atoms with van der Waals surface area (Å²) in [6, 6.07) is 39.1. The van der Waals surface area contributed by atoms with E-state index in [0.717, 1.165) is 98.0 Å². The minimum absolute atomic E-state index is 0.188. The summed E-state index contributed by atoms with van der Waals surface area (Å²) in [6.07, 6.45) is 4.15. The van der Waals surface area contributed by atoms with Crippen LogP contribution >= 0.6 is 11.3 Å². The Morgan fingerprint density at radius 2 is 1.11 bits per heavy atom. The highest BCUT2D eigenvalue weighted by atomic mass is 32.1. The smallest absolute Gasteiger partial charge is 0.261 e. The van der Waals surface area contributed by atoms with E-state index in [2.05, 4.69) is 96.2 Å². The number of nitrogens with zero attached hydrogens (tertiary/aromatic N) is 2. The molecule has 1 unspecified atom stereocenters. The fraction of sp³-hybridized carbons (Fsp3) is 0.208. The van der Waals surface area contributed by atoms with Crippen molar-refractivity contribution < 1.29 is 19.1 Å². The average molecular weight is 745 g/mol. The van der Waals surface area contributed by atoms with Gasteiger partial charge in [0.15, 0.2) is 0 Å². The summed E-state index contributed by atoms with van der Waals surface area (Å²) < 4.78 is 10.9. The van der Waals surface area contributed by atoms with Crippen molar-refractivity contribution in [3.8, 4) is 33.8 Å². The Morgan fingerprint density at radius 3 is 1.67 bits per heavy atom. The Bertz CT molecular complexity index is 2430. The standard InChI is InChI=1S/C48H44N2O4S/c1-5-7-9-31(6-2)28-49-47(51)42-11-8-10-41-39(26-27-43(46(41)42)48(49)52)40-25-24-38(44-29-55-30-45(40)44)32-12-14-33(15-13-32)50(34-16-20-36(53-3)21-17-34)35-18-22-37(54-4)23-19-35/h8,10-27,29-31H,5-7,9,28H2,1-4H3. The maximum absolute atomic E-state index is 13.9. The Hall–Kier alpha value is -5.92. The van der Waals surface area contributed by atoms with Crippen molar-refractivity contribution in [2.75, 3.05) is 25.7 Å². The summed E-state index contributed by atoms with van der Waals surface area (Å²) in [5.74, 6) is 1.53. The molecule has 6 nitrogen and oxygen atoms in total. The molecule has 2 heterocycles. The van der Waals surface area contributed by atoms with Gasteiger partial charge in [0.1, 0.15) is 11.5 Å². The molecule has 0 spiro atoms. The van der Waals surface area contributed by atoms with Crippen LogP contribution in [0.5, 0.6) is 11.5 Å². The number of methoxy groups -OCH3 is 2. The largest absolute Gasteiger partial charge is 0.497 e. The molecule has 1 aliphatic rings. The lowest BCUT2D eigenvalue weighted by molar-refractivity contribution is 0.0580. The number of rotatable bonds is 13. The number of unbranched alkanes of at least 4 members (excludes halogenated alkanes) is 1. The van der Waals surface area contributed by atoms with Crippen molar-refractivity contribution >= 4 is 61.8 Å². The van der Waals surface area contributed by atoms with Gasteiger partial charge < -0.3 is 14.4 Å². The Labute approximate surface area is 326 Å². The highest BCUT2D eigenvalue weighted by Gasteiger charge is 2.34. The molecule has 1 aromatic heterocycles. The normalized spacial score (nSPS) is 13.1. The molecule has 0 N–H and O–H groups in total. The van der Waals surface area contributed by atoms with Gasteiger partial charge in [0, 0.05) is 50.9 Å². The SMILES string of the molecule is CCCCC(CC)CN1C(=O)c2cccc3c(-c4ccc(-c5ccc(N(c6ccc(OC)cc6)c6ccc(OC)cc6)cc5)c5cscc45)ccc(c23)C1=O. The van der Waals surface area contributed by atoms with Crippen molar-refractivity contribution in [1.82, 2.24) is 4.90 Å². The maximum atomic E-state index is 13.9. The minimum Gasteiger partial charge on any atom is -0.497 e. The van der Waals surface area contributed by atoms with Crippen LogP contribution in [0.25, 0.3) is 43.8 Å². The monoisotopic (exact) mass is 744 g/mol. The van der Waals surface area contributed by atoms with Crippen molar-refractivity contribution in [1.29, 1.82) is 0 Å². The summed E-state index contributed by atoms with van der Waals surface area (Å²) in [7, 11) is 3.35. The molecular weight excluding hydrogens is 701 g/mol. The second-order valence-corrected chi connectivity index (χ2v) is 14.9. The molecule has 2 amide bonds. The fourth-order valence-corrected chi connectivity index (χ4v) is 8.82. The van der Waals surface area contributed by atoms with Crippen LogP contribution in [0.15, 0.2) is 126 Å². The van der Waals surface area contributed by atoms with Gasteiger partial charge in [-0.15, -0.1) is 0 Å². The second kappa shape index (κ2) is 15.4. The lowest BCUT2D eigenvalue weighted by Gasteiger charge is -2.30. The first-order chi connectivity index (χ1) is 26.9. The third-order valence-corrected chi connectivity index (χ3v) is 11.8. The van der Waals surface area contributed by atoms with Crippen LogP contribution in [0.4, 0.5) is 17.1 Å². The average Bonchev–Trinajstić information content (AvgIpc) is 3.74. The molecule has 0 fully saturated rings. The van der Waals surface area contributed by atoms with Crippen molar-refractivity contribution in [2.45, 2.75) is 39.5 Å². The van der Waals surface area contributed by atoms with Crippen LogP contribution in [0.3, 0.4) is 0 Å². The molecular formula is C48H44N2O4S. The van der Waals surface area contributed by atoms with E-state index < -0.39 is 0 Å². The van der Waals surface area contributed by atoms with Gasteiger partial charge in [0.05, 0.1) is 14.2 Å². The summed E-state index contributed by atoms with van der Waals surface area (Å²) in [6.45, 7) is 4.79. The fourth-order valence-electron chi connectivity index (χ4n) is 7.97. The van der Waals surface area contributed by atoms with Gasteiger partial charge in [-0.25, -0.2) is 0 Å². The van der Waals surface area contributed by atoms with E-state index >= 15 is 0 Å². The molecule has 276 valence electrons. The lowest BCUT2D eigenvalue weighted by Crippen LogP contribution is -2.43. The van der Waals surface area contributed by atoms with Gasteiger partial charge in [0.25, 0.3) is 11.8 Å². The number of thiophene rings is 1. The van der Waals surface area contributed by atoms with E-state index in [9.17, 15) is 9.59 Å². The number of imide groups is 1. The Kier molecular flexibility index (Phi) is 10.1. The molecule has 55 heavy (non-hydrogen) atoms. The first-order valence-corrected chi connectivity index (χ1v) is 20.0. The van der Waals surface area contributed by atoms with E-state index in [4.69, 9.17) is 9.47 Å². The second-order valence-electron chi connectivity index (χ2n) is 14.2. The topological polar surface area (TPSA) is 59.1 Å². The van der Waals surface area contributed by atoms with Crippen molar-refractivity contribution in [3.63, 3.8) is 0 Å². The zero-order chi connectivity index (χ0) is 38.1. The van der Waals surface area contributed by atoms with E-state index in [1.807, 2.05) is 48.5 Å². The molecule has 0 aliphatic carbocycles. The van der Waals surface area contributed by atoms with Crippen LogP contribution in [0.1, 0.15) is 60.2 Å². The van der Waals surface area contributed by atoms with E-state index in [1.54, 1.807) is 25.6 Å². The van der Waals surface area contributed by atoms with Crippen LogP contribution in [-0.2, 0) is 0 Å². The summed E-state index contributed by atoms with van der Waals surface area (Å²) in [4.78, 5) is 31.6. The summed E-state index contributed by atoms with van der Waals surface area (Å²) in [5, 5.41) is 8.40. The summed E-state index contributed by atoms with van der Waals surface area (Å²) in [5.41, 5.74) is 8.61. The van der Waals surface area contributed by atoms with Crippen molar-refractivity contribution in [2.24, 2.45) is 5.92 Å². The third-order valence-electron chi connectivity index (χ3n) is 11.0. The number of hydrogen-bond acceptors (Lipinski definition) is 6. The Morgan fingerprint density at radius 1 is 0.600 bits per heavy atom. The number of fused-ring (bicyclic) bond motifs is 1. The molecule has 7 heteroatoms. The Balaban J connectivity index is 1.14. The number of carbonyl (C=O) groups is 2. The molecule has 1 atom stereocenters. The molecule has 0 radical (unpaired) electrons. The molecule has 0 saturated heterocycles. The molecule has 1 aliphatic heterocycles. The van der Waals surface area contributed by atoms with Gasteiger partial charge in [-0.3, -0.25) is 14.5 Å². The number of hydrogen-bond donors (Lipinski definition) is 0. The van der Waals surface area contributed by atoms with Crippen LogP contribution in [0.2, 0.25) is 0 Å². The number of ether oxygens (including phenoxy) is 2. The lowest BCUT2D eigenvalue weighted by atomic mass is 9.87. The van der Waals surface area contributed by atoms with Gasteiger partial charge in [-0.2, -0.15) is 11.3 Å². The first-order valence-electron chi connectivity index (χ1n) is 19.0. The molecule has 0 saturated carbocycles. The van der Waals surface area contributed by atoms with Gasteiger partial charge >= 0.3 is 0 Å². The van der Waals surface area contributed by atoms with Crippen LogP contribution in [0, 0.1) is 5.92 Å². The van der Waals surface area contributed by atoms with Gasteiger partial charge in [-0.05, 0) is 124 Å². The van der Waals surface area contributed by atoms with E-state index in [0.29, 0.717) is 23.6 Å². The number of benzene rings is 6. The minimum atomic E-state index is -0.188. The van der Waals surface area contributed by atoms with Gasteiger partial charge in [0.2, 0.25) is 0 Å². The zero-order valence-electron chi connectivity index (χ0n) is 31.7. The van der Waals surface area contributed by atoms with Gasteiger partial charge in [-0.1, -0.05) is 75.6 Å². The number of carbonyl (C=O) groups excluding carboxylic acids is 2. The number of anilines is 3. The quantitative estimate of drug-likeness (QED) is 0.110. The predicted molar refractivity (Wildman–Crippen MR) is 227 cm³/mol. The van der Waals surface area contributed by atoms with Crippen molar-refractivity contribution in [3.05, 3.63) is 137 Å². The molecule has 8 rings (SSSR count). The van der Waals surface area contributed by atoms with E-state index in [1.165, 1.54) is 4.90 Å². The third kappa shape index (κ3) is 6.63. The molecule has 7 aromatic rings. The highest BCUT2D eigenvalue weighted by molar-refractivity contribution is 7.09. The highest BCUT2D eigenvalue weighted by Crippen LogP contribution is 2.43. The maximum Gasteiger partial charge on any atom is 0.261 e. The summed E-state index contributed by atoms with van der Waals surface area (Å²) >= 11 is 1.68. The zero-order valence-corrected chi connectivity index (χ0v) is 32.5. The number of amides is 2. The predicted octanol–water partition coefficient (Wildman–Crippen LogP) is 12.7. The van der Waals surface area contributed by atoms with E-state index in [-0.39, 0.29) is 11.8 Å². The van der Waals surface area contributed by atoms with Crippen LogP contribution in [-0.4, -0.2) is 37.5 Å². The molecule has 0 bridgehead atoms. The first kappa shape index (κ1) is 36.1.